The van der Waals surface area contributed by atoms with Crippen molar-refractivity contribution in [2.45, 2.75) is 32.7 Å². The number of guanidine groups is 1. The molecule has 1 aromatic rings. The van der Waals surface area contributed by atoms with Crippen molar-refractivity contribution in [3.05, 3.63) is 30.1 Å². The zero-order chi connectivity index (χ0) is 17.8. The van der Waals surface area contributed by atoms with Gasteiger partial charge in [-0.05, 0) is 12.1 Å². The topological polar surface area (TPSA) is 158 Å². The van der Waals surface area contributed by atoms with Crippen LogP contribution in [0.15, 0.2) is 24.4 Å². The number of pyridine rings is 1. The van der Waals surface area contributed by atoms with Crippen LogP contribution < -0.4 is 5.73 Å². The van der Waals surface area contributed by atoms with E-state index >= 15 is 0 Å². The van der Waals surface area contributed by atoms with Gasteiger partial charge in [0.1, 0.15) is 0 Å². The van der Waals surface area contributed by atoms with Crippen LogP contribution >= 0.6 is 0 Å². The van der Waals surface area contributed by atoms with Gasteiger partial charge in [0.25, 0.3) is 0 Å². The first-order chi connectivity index (χ1) is 10.8. The molecule has 126 valence electrons. The van der Waals surface area contributed by atoms with E-state index in [0.29, 0.717) is 6.42 Å². The molecule has 1 aromatic heterocycles. The van der Waals surface area contributed by atoms with Gasteiger partial charge in [0.15, 0.2) is 5.96 Å². The Labute approximate surface area is 133 Å². The van der Waals surface area contributed by atoms with Crippen LogP contribution in [0.2, 0.25) is 0 Å². The van der Waals surface area contributed by atoms with Gasteiger partial charge in [-0.25, -0.2) is 0 Å². The summed E-state index contributed by atoms with van der Waals surface area (Å²) in [7, 11) is 0. The number of hydrogen-bond acceptors (Lipinski definition) is 5. The fourth-order valence-corrected chi connectivity index (χ4v) is 1.37. The minimum atomic E-state index is -1.08. The van der Waals surface area contributed by atoms with Gasteiger partial charge in [0, 0.05) is 12.6 Å². The van der Waals surface area contributed by atoms with Crippen LogP contribution in [0, 0.1) is 5.41 Å². The highest BCUT2D eigenvalue weighted by Crippen LogP contribution is 2.02. The standard InChI is InChI=1S/C10H14N4O.C4H6O4/c1-2-9(15)14(10(11)12)7-8-5-3-4-6-13-8;5-3(6)1-2-4(7)8/h3-6H,2,7H2,1H3,(H3,11,12);1-2H2,(H,5,6)(H,7,8). The van der Waals surface area contributed by atoms with Gasteiger partial charge in [-0.15, -0.1) is 0 Å². The maximum absolute atomic E-state index is 11.4. The summed E-state index contributed by atoms with van der Waals surface area (Å²) in [6, 6.07) is 5.42. The maximum Gasteiger partial charge on any atom is 0.303 e. The highest BCUT2D eigenvalue weighted by atomic mass is 16.4. The minimum absolute atomic E-state index is 0.173. The molecule has 0 fully saturated rings. The predicted molar refractivity (Wildman–Crippen MR) is 81.5 cm³/mol. The van der Waals surface area contributed by atoms with Crippen LogP contribution in [0.4, 0.5) is 0 Å². The fraction of sp³-hybridized carbons (Fsp3) is 0.357. The van der Waals surface area contributed by atoms with E-state index in [1.165, 1.54) is 4.90 Å². The number of amides is 1. The second-order valence-corrected chi connectivity index (χ2v) is 4.33. The lowest BCUT2D eigenvalue weighted by Crippen LogP contribution is -2.40. The van der Waals surface area contributed by atoms with Gasteiger partial charge >= 0.3 is 11.9 Å². The van der Waals surface area contributed by atoms with Crippen LogP contribution in [0.3, 0.4) is 0 Å². The zero-order valence-corrected chi connectivity index (χ0v) is 12.7. The lowest BCUT2D eigenvalue weighted by Gasteiger charge is -2.19. The third-order valence-corrected chi connectivity index (χ3v) is 2.49. The Morgan fingerprint density at radius 2 is 1.78 bits per heavy atom. The molecule has 5 N–H and O–H groups in total. The quantitative estimate of drug-likeness (QED) is 0.441. The van der Waals surface area contributed by atoms with Crippen molar-refractivity contribution in [1.82, 2.24) is 9.88 Å². The van der Waals surface area contributed by atoms with Gasteiger partial charge in [-0.3, -0.25) is 29.7 Å². The molecule has 0 spiro atoms. The van der Waals surface area contributed by atoms with E-state index in [4.69, 9.17) is 21.4 Å². The molecule has 0 unspecified atom stereocenters. The lowest BCUT2D eigenvalue weighted by molar-refractivity contribution is -0.143. The normalized spacial score (nSPS) is 9.26. The van der Waals surface area contributed by atoms with Crippen LogP contribution in [0.1, 0.15) is 31.9 Å². The monoisotopic (exact) mass is 324 g/mol. The summed E-state index contributed by atoms with van der Waals surface area (Å²) in [4.78, 5) is 36.0. The highest BCUT2D eigenvalue weighted by Gasteiger charge is 2.14. The van der Waals surface area contributed by atoms with Gasteiger partial charge in [0.2, 0.25) is 5.91 Å². The molecule has 1 heterocycles. The summed E-state index contributed by atoms with van der Waals surface area (Å²) < 4.78 is 0. The molecule has 1 rings (SSSR count). The zero-order valence-electron chi connectivity index (χ0n) is 12.7. The molecular formula is C14H20N4O5. The van der Waals surface area contributed by atoms with Crippen molar-refractivity contribution in [1.29, 1.82) is 5.41 Å². The summed E-state index contributed by atoms with van der Waals surface area (Å²) in [5, 5.41) is 23.1. The molecule has 1 amide bonds. The number of aliphatic carboxylic acids is 2. The predicted octanol–water partition coefficient (Wildman–Crippen LogP) is 0.649. The largest absolute Gasteiger partial charge is 0.481 e. The number of nitrogens with zero attached hydrogens (tertiary/aromatic N) is 2. The number of hydrogen-bond donors (Lipinski definition) is 4. The van der Waals surface area contributed by atoms with Gasteiger partial charge < -0.3 is 15.9 Å². The third kappa shape index (κ3) is 9.56. The Morgan fingerprint density at radius 3 is 2.13 bits per heavy atom. The molecule has 0 atom stereocenters. The summed E-state index contributed by atoms with van der Waals surface area (Å²) in [6.07, 6.45) is 1.38. The van der Waals surface area contributed by atoms with Crippen molar-refractivity contribution < 1.29 is 24.6 Å². The molecule has 0 aliphatic carbocycles. The number of carbonyl (C=O) groups excluding carboxylic acids is 1. The van der Waals surface area contributed by atoms with E-state index in [9.17, 15) is 14.4 Å². The van der Waals surface area contributed by atoms with E-state index in [1.54, 1.807) is 25.3 Å². The van der Waals surface area contributed by atoms with E-state index in [1.807, 2.05) is 6.07 Å². The fourth-order valence-electron chi connectivity index (χ4n) is 1.37. The second kappa shape index (κ2) is 10.7. The molecule has 0 aliphatic heterocycles. The highest BCUT2D eigenvalue weighted by molar-refractivity contribution is 5.94. The third-order valence-electron chi connectivity index (χ3n) is 2.49. The SMILES string of the molecule is CCC(=O)N(Cc1ccccn1)C(=N)N.O=C(O)CCC(=O)O. The van der Waals surface area contributed by atoms with Crippen molar-refractivity contribution >= 4 is 23.8 Å². The van der Waals surface area contributed by atoms with E-state index < -0.39 is 11.9 Å². The first-order valence-corrected chi connectivity index (χ1v) is 6.75. The smallest absolute Gasteiger partial charge is 0.303 e. The molecular weight excluding hydrogens is 304 g/mol. The Balaban J connectivity index is 0.000000515. The lowest BCUT2D eigenvalue weighted by atomic mass is 10.3. The van der Waals surface area contributed by atoms with E-state index in [2.05, 4.69) is 4.98 Å². The van der Waals surface area contributed by atoms with E-state index in [0.717, 1.165) is 5.69 Å². The Morgan fingerprint density at radius 1 is 1.22 bits per heavy atom. The molecule has 0 radical (unpaired) electrons. The second-order valence-electron chi connectivity index (χ2n) is 4.33. The molecule has 0 bridgehead atoms. The van der Waals surface area contributed by atoms with Gasteiger partial charge in [-0.2, -0.15) is 0 Å². The maximum atomic E-state index is 11.4. The molecule has 23 heavy (non-hydrogen) atoms. The number of aromatic nitrogens is 1. The van der Waals surface area contributed by atoms with Crippen molar-refractivity contribution in [2.75, 3.05) is 0 Å². The molecule has 0 aliphatic rings. The van der Waals surface area contributed by atoms with Gasteiger partial charge in [-0.1, -0.05) is 13.0 Å². The summed E-state index contributed by atoms with van der Waals surface area (Å²) in [5.74, 6) is -2.57. The summed E-state index contributed by atoms with van der Waals surface area (Å²) >= 11 is 0. The average Bonchev–Trinajstić information content (AvgIpc) is 2.51. The molecule has 0 saturated heterocycles. The molecule has 9 heteroatoms. The number of rotatable bonds is 6. The van der Waals surface area contributed by atoms with Crippen LogP contribution in [0.25, 0.3) is 0 Å². The Bertz CT molecular complexity index is 533. The first-order valence-electron chi connectivity index (χ1n) is 6.75. The van der Waals surface area contributed by atoms with Crippen LogP contribution in [0.5, 0.6) is 0 Å². The molecule has 9 nitrogen and oxygen atoms in total. The summed E-state index contributed by atoms with van der Waals surface area (Å²) in [6.45, 7) is 1.99. The average molecular weight is 324 g/mol. The number of carboxylic acid groups (broad SMARTS) is 2. The Kier molecular flexibility index (Phi) is 9.33. The number of carbonyl (C=O) groups is 3. The van der Waals surface area contributed by atoms with E-state index in [-0.39, 0.29) is 31.3 Å². The van der Waals surface area contributed by atoms with Crippen molar-refractivity contribution in [3.8, 4) is 0 Å². The van der Waals surface area contributed by atoms with Crippen LogP contribution in [-0.2, 0) is 20.9 Å². The summed E-state index contributed by atoms with van der Waals surface area (Å²) in [5.41, 5.74) is 6.04. The van der Waals surface area contributed by atoms with Gasteiger partial charge in [0.05, 0.1) is 25.1 Å². The van der Waals surface area contributed by atoms with Crippen molar-refractivity contribution in [3.63, 3.8) is 0 Å². The first kappa shape index (κ1) is 20.0. The molecule has 0 saturated carbocycles. The van der Waals surface area contributed by atoms with Crippen LogP contribution in [-0.4, -0.2) is 43.9 Å². The molecule has 0 aromatic carbocycles. The number of carboxylic acids is 2. The van der Waals surface area contributed by atoms with Crippen molar-refractivity contribution in [2.24, 2.45) is 5.73 Å². The number of nitrogens with two attached hydrogens (primary N) is 1. The minimum Gasteiger partial charge on any atom is -0.481 e. The number of nitrogens with one attached hydrogen (secondary N) is 1. The Hall–Kier alpha value is -2.97.